The van der Waals surface area contributed by atoms with E-state index in [-0.39, 0.29) is 29.4 Å². The number of aromatic nitrogens is 2. The van der Waals surface area contributed by atoms with Crippen molar-refractivity contribution in [3.05, 3.63) is 46.1 Å². The molecule has 2 fully saturated rings. The van der Waals surface area contributed by atoms with E-state index in [1.54, 1.807) is 4.90 Å². The first-order valence-electron chi connectivity index (χ1n) is 12.1. The number of amides is 2. The number of rotatable bonds is 4. The lowest BCUT2D eigenvalue weighted by atomic mass is 9.94. The number of hydrogen-bond acceptors (Lipinski definition) is 7. The molecule has 0 unspecified atom stereocenters. The summed E-state index contributed by atoms with van der Waals surface area (Å²) >= 11 is 1.47. The minimum absolute atomic E-state index is 0.0259. The molecular weight excluding hydrogens is 464 g/mol. The van der Waals surface area contributed by atoms with E-state index in [1.807, 2.05) is 38.2 Å². The summed E-state index contributed by atoms with van der Waals surface area (Å²) in [6.07, 6.45) is 3.49. The fraction of sp³-hybridized carbons (Fsp3) is 0.480. The van der Waals surface area contributed by atoms with Gasteiger partial charge in [-0.3, -0.25) is 9.59 Å². The van der Waals surface area contributed by atoms with Crippen LogP contribution in [0.1, 0.15) is 45.1 Å². The molecule has 1 aromatic carbocycles. The first kappa shape index (κ1) is 22.5. The van der Waals surface area contributed by atoms with Gasteiger partial charge in [-0.25, -0.2) is 4.98 Å². The summed E-state index contributed by atoms with van der Waals surface area (Å²) in [6, 6.07) is 5.99. The zero-order valence-electron chi connectivity index (χ0n) is 20.0. The van der Waals surface area contributed by atoms with Gasteiger partial charge in [0.05, 0.1) is 24.9 Å². The van der Waals surface area contributed by atoms with E-state index in [0.717, 1.165) is 46.7 Å². The highest BCUT2D eigenvalue weighted by atomic mass is 32.1. The van der Waals surface area contributed by atoms with Crippen LogP contribution in [-0.2, 0) is 17.6 Å². The number of aromatic amines is 1. The third-order valence-corrected chi connectivity index (χ3v) is 8.23. The summed E-state index contributed by atoms with van der Waals surface area (Å²) in [6.45, 7) is 7.20. The van der Waals surface area contributed by atoms with Gasteiger partial charge in [-0.2, -0.15) is 0 Å². The van der Waals surface area contributed by atoms with Crippen molar-refractivity contribution in [1.82, 2.24) is 20.2 Å². The molecule has 2 amide bonds. The minimum Gasteiger partial charge on any atom is -0.377 e. The predicted octanol–water partition coefficient (Wildman–Crippen LogP) is 1.92. The van der Waals surface area contributed by atoms with Crippen molar-refractivity contribution in [3.63, 3.8) is 0 Å². The number of nitrogens with two attached hydrogens (primary N) is 1. The van der Waals surface area contributed by atoms with Crippen LogP contribution in [0.2, 0.25) is 0 Å². The normalized spacial score (nSPS) is 22.1. The maximum Gasteiger partial charge on any atom is 0.263 e. The number of nitrogens with zero attached hydrogens (tertiary/aromatic N) is 3. The van der Waals surface area contributed by atoms with Gasteiger partial charge in [-0.1, -0.05) is 11.3 Å². The minimum atomic E-state index is -0.292. The number of H-pyrrole nitrogens is 1. The number of thiazole rings is 1. The molecule has 35 heavy (non-hydrogen) atoms. The van der Waals surface area contributed by atoms with Gasteiger partial charge >= 0.3 is 0 Å². The van der Waals surface area contributed by atoms with Gasteiger partial charge in [0.15, 0.2) is 5.13 Å². The van der Waals surface area contributed by atoms with Crippen molar-refractivity contribution in [1.29, 1.82) is 0 Å². The lowest BCUT2D eigenvalue weighted by Crippen LogP contribution is -2.57. The molecule has 4 N–H and O–H groups in total. The number of ether oxygens (including phenoxy) is 1. The first-order chi connectivity index (χ1) is 16.8. The van der Waals surface area contributed by atoms with Crippen molar-refractivity contribution in [2.75, 3.05) is 37.7 Å². The number of fused-ring (bicyclic) bond motifs is 2. The Balaban J connectivity index is 1.26. The summed E-state index contributed by atoms with van der Waals surface area (Å²) < 4.78 is 5.85. The Kier molecular flexibility index (Phi) is 5.35. The molecule has 2 saturated heterocycles. The molecule has 3 aliphatic heterocycles. The van der Waals surface area contributed by atoms with Crippen LogP contribution in [0.15, 0.2) is 24.4 Å². The number of likely N-dealkylation sites (tertiary alicyclic amines) is 1. The number of hydrogen-bond donors (Lipinski definition) is 3. The van der Waals surface area contributed by atoms with Crippen LogP contribution < -0.4 is 16.0 Å². The maximum atomic E-state index is 12.8. The Morgan fingerprint density at radius 3 is 2.97 bits per heavy atom. The summed E-state index contributed by atoms with van der Waals surface area (Å²) in [7, 11) is 0. The van der Waals surface area contributed by atoms with E-state index in [1.165, 1.54) is 11.3 Å². The lowest BCUT2D eigenvalue weighted by Gasteiger charge is -2.37. The van der Waals surface area contributed by atoms with Crippen molar-refractivity contribution in [2.45, 2.75) is 44.3 Å². The van der Waals surface area contributed by atoms with Gasteiger partial charge in [0, 0.05) is 60.3 Å². The van der Waals surface area contributed by atoms with Crippen LogP contribution in [0, 0.1) is 0 Å². The largest absolute Gasteiger partial charge is 0.377 e. The van der Waals surface area contributed by atoms with Crippen LogP contribution >= 0.6 is 11.3 Å². The molecular formula is C25H30N6O3S. The second-order valence-electron chi connectivity index (χ2n) is 10.5. The Bertz CT molecular complexity index is 1310. The number of carbonyl (C=O) groups is 2. The molecule has 0 radical (unpaired) electrons. The molecule has 1 atom stereocenters. The Hall–Kier alpha value is -2.95. The maximum absolute atomic E-state index is 12.8. The highest BCUT2D eigenvalue weighted by Crippen LogP contribution is 2.34. The van der Waals surface area contributed by atoms with E-state index in [2.05, 4.69) is 15.2 Å². The Labute approximate surface area is 207 Å². The van der Waals surface area contributed by atoms with Crippen molar-refractivity contribution in [2.24, 2.45) is 5.73 Å². The number of carbonyl (C=O) groups excluding carboxylic acids is 2. The Morgan fingerprint density at radius 1 is 1.34 bits per heavy atom. The summed E-state index contributed by atoms with van der Waals surface area (Å²) in [5.74, 6) is -0.0141. The molecule has 3 aromatic rings. The van der Waals surface area contributed by atoms with Crippen LogP contribution in [-0.4, -0.2) is 77.2 Å². The molecule has 5 heterocycles. The van der Waals surface area contributed by atoms with E-state index in [9.17, 15) is 9.59 Å². The zero-order valence-corrected chi connectivity index (χ0v) is 20.8. The van der Waals surface area contributed by atoms with Gasteiger partial charge in [0.2, 0.25) is 0 Å². The molecule has 184 valence electrons. The monoisotopic (exact) mass is 494 g/mol. The van der Waals surface area contributed by atoms with E-state index >= 15 is 0 Å². The molecule has 0 saturated carbocycles. The van der Waals surface area contributed by atoms with Crippen LogP contribution in [0.3, 0.4) is 0 Å². The van der Waals surface area contributed by atoms with Gasteiger partial charge in [0.25, 0.3) is 11.8 Å². The van der Waals surface area contributed by atoms with Crippen molar-refractivity contribution < 1.29 is 14.3 Å². The molecule has 0 spiro atoms. The topological polar surface area (TPSA) is 117 Å². The Morgan fingerprint density at radius 2 is 2.17 bits per heavy atom. The number of benzene rings is 1. The average Bonchev–Trinajstić information content (AvgIpc) is 3.40. The molecule has 0 aliphatic carbocycles. The van der Waals surface area contributed by atoms with Gasteiger partial charge in [0.1, 0.15) is 4.88 Å². The first-order valence-corrected chi connectivity index (χ1v) is 12.9. The molecule has 2 aromatic heterocycles. The third-order valence-electron chi connectivity index (χ3n) is 7.09. The second kappa shape index (κ2) is 8.32. The molecule has 6 rings (SSSR count). The average molecular weight is 495 g/mol. The zero-order chi connectivity index (χ0) is 24.3. The second-order valence-corrected chi connectivity index (χ2v) is 11.4. The predicted molar refractivity (Wildman–Crippen MR) is 135 cm³/mol. The van der Waals surface area contributed by atoms with Crippen LogP contribution in [0.5, 0.6) is 0 Å². The number of anilines is 1. The number of morpholine rings is 1. The van der Waals surface area contributed by atoms with E-state index < -0.39 is 0 Å². The summed E-state index contributed by atoms with van der Waals surface area (Å²) in [5, 5.41) is 5.00. The highest BCUT2D eigenvalue weighted by molar-refractivity contribution is 7.17. The fourth-order valence-corrected chi connectivity index (χ4v) is 6.33. The highest BCUT2D eigenvalue weighted by Gasteiger charge is 2.35. The molecule has 3 aliphatic rings. The fourth-order valence-electron chi connectivity index (χ4n) is 5.26. The SMILES string of the molecule is CC1(C)Cc2nc(N3CCOC[C@@H]3Cc3c[nH]c4ccc(C(=O)N5CC(N)C5)cc34)sc2C(=O)N1. The van der Waals surface area contributed by atoms with E-state index in [0.29, 0.717) is 36.7 Å². The van der Waals surface area contributed by atoms with Gasteiger partial charge < -0.3 is 30.6 Å². The molecule has 10 heteroatoms. The smallest absolute Gasteiger partial charge is 0.263 e. The molecule has 0 bridgehead atoms. The van der Waals surface area contributed by atoms with Crippen molar-refractivity contribution >= 4 is 39.2 Å². The van der Waals surface area contributed by atoms with Crippen LogP contribution in [0.4, 0.5) is 5.13 Å². The summed E-state index contributed by atoms with van der Waals surface area (Å²) in [5.41, 5.74) is 9.27. The van der Waals surface area contributed by atoms with E-state index in [4.69, 9.17) is 15.5 Å². The standard InChI is InChI=1S/C25H30N6O3S/c1-25(2)9-20-21(22(32)29-25)35-24(28-20)31-5-6-34-13-17(31)7-15-10-27-19-4-3-14(8-18(15)19)23(33)30-11-16(26)12-30/h3-4,8,10,16-17,27H,5-7,9,11-13,26H2,1-2H3,(H,29,32)/t17-/m0/s1. The van der Waals surface area contributed by atoms with Crippen molar-refractivity contribution in [3.8, 4) is 0 Å². The van der Waals surface area contributed by atoms with Crippen LogP contribution in [0.25, 0.3) is 10.9 Å². The number of nitrogens with one attached hydrogen (secondary N) is 2. The third kappa shape index (κ3) is 4.09. The quantitative estimate of drug-likeness (QED) is 0.510. The molecule has 9 nitrogen and oxygen atoms in total. The summed E-state index contributed by atoms with van der Waals surface area (Å²) in [4.78, 5) is 38.5. The van der Waals surface area contributed by atoms with Gasteiger partial charge in [-0.15, -0.1) is 0 Å². The van der Waals surface area contributed by atoms with Gasteiger partial charge in [-0.05, 0) is 44.0 Å². The lowest BCUT2D eigenvalue weighted by molar-refractivity contribution is 0.0608.